The molecule has 3 heterocycles. The predicted octanol–water partition coefficient (Wildman–Crippen LogP) is 5.05. The average molecular weight is 439 g/mol. The van der Waals surface area contributed by atoms with Crippen LogP contribution in [0.25, 0.3) is 0 Å². The SMILES string of the molecule is CC(C)(C)/C=C/C(=[CH]/[Ge]([c]1ccco1)([c]1ccco1)[c]1ccco1)C(C)(C)C. The van der Waals surface area contributed by atoms with Crippen LogP contribution in [0.2, 0.25) is 0 Å². The molecule has 3 rings (SSSR count). The van der Waals surface area contributed by atoms with Gasteiger partial charge in [-0.15, -0.1) is 0 Å². The zero-order valence-electron chi connectivity index (χ0n) is 17.7. The van der Waals surface area contributed by atoms with Crippen LogP contribution >= 0.6 is 0 Å². The maximum atomic E-state index is 6.00. The molecule has 3 aromatic heterocycles. The molecular formula is C24H30GeO3. The minimum absolute atomic E-state index is 0.0377. The van der Waals surface area contributed by atoms with Crippen LogP contribution < -0.4 is 13.8 Å². The van der Waals surface area contributed by atoms with Gasteiger partial charge in [0, 0.05) is 0 Å². The average Bonchev–Trinajstić information content (AvgIpc) is 3.35. The van der Waals surface area contributed by atoms with E-state index in [0.717, 1.165) is 13.8 Å². The number of hydrogen-bond donors (Lipinski definition) is 0. The summed E-state index contributed by atoms with van der Waals surface area (Å²) in [6.07, 6.45) is 9.72. The first-order chi connectivity index (χ1) is 13.1. The standard InChI is InChI=1S/C24H30GeO3/c1-23(2,3)14-13-19(24(4,5)6)18-25(20-10-7-15-26-20,21-11-8-16-27-21)22-12-9-17-28-22/h7-18H,1-6H3/b14-13+,19-18-. The van der Waals surface area contributed by atoms with E-state index in [9.17, 15) is 0 Å². The second kappa shape index (κ2) is 7.71. The van der Waals surface area contributed by atoms with E-state index in [0.29, 0.717) is 0 Å². The summed E-state index contributed by atoms with van der Waals surface area (Å²) >= 11 is -3.44. The fraction of sp³-hybridized carbons (Fsp3) is 0.333. The predicted molar refractivity (Wildman–Crippen MR) is 117 cm³/mol. The molecule has 0 unspecified atom stereocenters. The van der Waals surface area contributed by atoms with Gasteiger partial charge in [0.25, 0.3) is 0 Å². The van der Waals surface area contributed by atoms with Crippen molar-refractivity contribution in [2.75, 3.05) is 0 Å². The van der Waals surface area contributed by atoms with Crippen LogP contribution in [0, 0.1) is 10.8 Å². The van der Waals surface area contributed by atoms with Crippen LogP contribution in [0.5, 0.6) is 0 Å². The molecule has 0 aliphatic carbocycles. The Kier molecular flexibility index (Phi) is 5.67. The van der Waals surface area contributed by atoms with E-state index in [1.54, 1.807) is 18.8 Å². The van der Waals surface area contributed by atoms with E-state index in [2.05, 4.69) is 76.8 Å². The normalized spacial score (nSPS) is 14.1. The van der Waals surface area contributed by atoms with Crippen LogP contribution in [0.1, 0.15) is 41.5 Å². The van der Waals surface area contributed by atoms with Gasteiger partial charge in [-0.25, -0.2) is 0 Å². The summed E-state index contributed by atoms with van der Waals surface area (Å²) in [6.45, 7) is 13.4. The van der Waals surface area contributed by atoms with Gasteiger partial charge in [0.15, 0.2) is 0 Å². The molecule has 3 nitrogen and oxygen atoms in total. The Balaban J connectivity index is 2.32. The molecule has 4 heteroatoms. The van der Waals surface area contributed by atoms with Crippen molar-refractivity contribution < 1.29 is 13.3 Å². The quantitative estimate of drug-likeness (QED) is 0.413. The second-order valence-corrected chi connectivity index (χ2v) is 16.4. The van der Waals surface area contributed by atoms with Crippen molar-refractivity contribution in [2.24, 2.45) is 10.8 Å². The molecule has 28 heavy (non-hydrogen) atoms. The number of allylic oxidation sites excluding steroid dienone is 3. The minimum atomic E-state index is -3.44. The Bertz CT molecular complexity index is 829. The number of rotatable bonds is 5. The molecule has 0 aliphatic heterocycles. The van der Waals surface area contributed by atoms with Crippen molar-refractivity contribution in [3.05, 3.63) is 77.8 Å². The topological polar surface area (TPSA) is 39.4 Å². The van der Waals surface area contributed by atoms with Gasteiger partial charge in [0.05, 0.1) is 0 Å². The summed E-state index contributed by atoms with van der Waals surface area (Å²) in [5.41, 5.74) is 1.32. The molecule has 0 amide bonds. The first-order valence-electron chi connectivity index (χ1n) is 9.67. The molecule has 0 spiro atoms. The molecule has 0 N–H and O–H groups in total. The van der Waals surface area contributed by atoms with E-state index in [4.69, 9.17) is 13.3 Å². The van der Waals surface area contributed by atoms with Crippen LogP contribution in [-0.2, 0) is 0 Å². The molecular weight excluding hydrogens is 409 g/mol. The van der Waals surface area contributed by atoms with Crippen molar-refractivity contribution in [3.8, 4) is 0 Å². The molecule has 0 aliphatic rings. The van der Waals surface area contributed by atoms with E-state index in [-0.39, 0.29) is 10.8 Å². The Labute approximate surface area is 170 Å². The zero-order valence-corrected chi connectivity index (χ0v) is 19.8. The Morgan fingerprint density at radius 3 is 1.46 bits per heavy atom. The van der Waals surface area contributed by atoms with Gasteiger partial charge < -0.3 is 0 Å². The van der Waals surface area contributed by atoms with Crippen molar-refractivity contribution in [1.82, 2.24) is 0 Å². The van der Waals surface area contributed by atoms with Crippen molar-refractivity contribution in [1.29, 1.82) is 0 Å². The van der Waals surface area contributed by atoms with E-state index in [1.807, 2.05) is 18.2 Å². The Hall–Kier alpha value is -2.14. The van der Waals surface area contributed by atoms with Crippen LogP contribution in [0.4, 0.5) is 0 Å². The molecule has 0 fully saturated rings. The van der Waals surface area contributed by atoms with Gasteiger partial charge in [-0.3, -0.25) is 0 Å². The first kappa shape index (κ1) is 20.6. The number of hydrogen-bond acceptors (Lipinski definition) is 3. The Morgan fingerprint density at radius 1 is 0.750 bits per heavy atom. The second-order valence-electron chi connectivity index (χ2n) is 9.29. The molecule has 3 aromatic rings. The van der Waals surface area contributed by atoms with Crippen LogP contribution in [0.3, 0.4) is 0 Å². The summed E-state index contributed by atoms with van der Waals surface area (Å²) < 4.78 is 20.8. The van der Waals surface area contributed by atoms with Crippen molar-refractivity contribution in [2.45, 2.75) is 41.5 Å². The van der Waals surface area contributed by atoms with Gasteiger partial charge in [-0.05, 0) is 0 Å². The third kappa shape index (κ3) is 4.30. The van der Waals surface area contributed by atoms with Crippen molar-refractivity contribution in [3.63, 3.8) is 0 Å². The van der Waals surface area contributed by atoms with E-state index in [1.165, 1.54) is 5.57 Å². The van der Waals surface area contributed by atoms with Gasteiger partial charge in [0.2, 0.25) is 0 Å². The fourth-order valence-electron chi connectivity index (χ4n) is 3.17. The summed E-state index contributed by atoms with van der Waals surface area (Å²) in [5.74, 6) is 0. The molecule has 0 bridgehead atoms. The summed E-state index contributed by atoms with van der Waals surface area (Å²) in [4.78, 5) is 2.40. The monoisotopic (exact) mass is 440 g/mol. The fourth-order valence-corrected chi connectivity index (χ4v) is 11.5. The molecule has 148 valence electrons. The summed E-state index contributed by atoms with van der Waals surface area (Å²) in [5, 5.41) is 0. The number of furan rings is 3. The van der Waals surface area contributed by atoms with Gasteiger partial charge in [-0.2, -0.15) is 0 Å². The first-order valence-corrected chi connectivity index (χ1v) is 14.0. The van der Waals surface area contributed by atoms with Crippen LogP contribution in [-0.4, -0.2) is 13.3 Å². The maximum absolute atomic E-state index is 6.00. The van der Waals surface area contributed by atoms with Gasteiger partial charge in [-0.1, -0.05) is 0 Å². The zero-order chi connectivity index (χ0) is 20.4. The van der Waals surface area contributed by atoms with E-state index < -0.39 is 13.3 Å². The molecule has 0 radical (unpaired) electrons. The van der Waals surface area contributed by atoms with Gasteiger partial charge >= 0.3 is 170 Å². The third-order valence-electron chi connectivity index (χ3n) is 4.73. The molecule has 0 atom stereocenters. The molecule has 0 saturated heterocycles. The third-order valence-corrected chi connectivity index (χ3v) is 13.0. The molecule has 0 aromatic carbocycles. The van der Waals surface area contributed by atoms with Crippen LogP contribution in [0.15, 0.2) is 91.1 Å². The van der Waals surface area contributed by atoms with E-state index >= 15 is 0 Å². The summed E-state index contributed by atoms with van der Waals surface area (Å²) in [6, 6.07) is 12.0. The Morgan fingerprint density at radius 2 is 1.18 bits per heavy atom. The summed E-state index contributed by atoms with van der Waals surface area (Å²) in [7, 11) is 0. The molecule has 0 saturated carbocycles. The van der Waals surface area contributed by atoms with Crippen molar-refractivity contribution >= 4 is 27.0 Å². The van der Waals surface area contributed by atoms with Gasteiger partial charge in [0.1, 0.15) is 0 Å².